The van der Waals surface area contributed by atoms with Crippen molar-refractivity contribution < 1.29 is 0 Å². The lowest BCUT2D eigenvalue weighted by Crippen LogP contribution is -1.91. The van der Waals surface area contributed by atoms with Crippen LogP contribution in [0.25, 0.3) is 22.8 Å². The number of aromatic nitrogens is 4. The van der Waals surface area contributed by atoms with Crippen molar-refractivity contribution in [1.82, 2.24) is 19.9 Å². The molecule has 98 valence electrons. The summed E-state index contributed by atoms with van der Waals surface area (Å²) >= 11 is 11.7. The fourth-order valence-corrected chi connectivity index (χ4v) is 2.16. The van der Waals surface area contributed by atoms with Crippen LogP contribution >= 0.6 is 23.2 Å². The van der Waals surface area contributed by atoms with Gasteiger partial charge in [-0.15, -0.1) is 0 Å². The van der Waals surface area contributed by atoms with E-state index < -0.39 is 0 Å². The number of hydrogen-bond donors (Lipinski definition) is 0. The first-order chi connectivity index (χ1) is 9.72. The molecule has 6 heteroatoms. The van der Waals surface area contributed by atoms with E-state index in [9.17, 15) is 0 Å². The maximum Gasteiger partial charge on any atom is 0.162 e. The van der Waals surface area contributed by atoms with Crippen LogP contribution < -0.4 is 0 Å². The Hall–Kier alpha value is -2.04. The van der Waals surface area contributed by atoms with Crippen molar-refractivity contribution in [3.63, 3.8) is 0 Å². The summed E-state index contributed by atoms with van der Waals surface area (Å²) in [5.41, 5.74) is 1.75. The molecule has 0 spiro atoms. The molecule has 3 aromatic rings. The first kappa shape index (κ1) is 13.0. The Bertz CT molecular complexity index is 710. The quantitative estimate of drug-likeness (QED) is 0.674. The van der Waals surface area contributed by atoms with Gasteiger partial charge < -0.3 is 0 Å². The molecule has 0 N–H and O–H groups in total. The van der Waals surface area contributed by atoms with Crippen molar-refractivity contribution in [3.8, 4) is 22.8 Å². The SMILES string of the molecule is Clc1cc(Cl)nc(-c2ccc(-c3ncccn3)cc2)n1. The maximum absolute atomic E-state index is 5.87. The normalized spacial score (nSPS) is 10.5. The molecule has 0 aliphatic carbocycles. The van der Waals surface area contributed by atoms with Gasteiger partial charge in [0.25, 0.3) is 0 Å². The van der Waals surface area contributed by atoms with Crippen molar-refractivity contribution in [2.45, 2.75) is 0 Å². The molecular formula is C14H8Cl2N4. The topological polar surface area (TPSA) is 51.6 Å². The molecule has 0 fully saturated rings. The molecule has 4 nitrogen and oxygen atoms in total. The van der Waals surface area contributed by atoms with E-state index >= 15 is 0 Å². The molecule has 20 heavy (non-hydrogen) atoms. The van der Waals surface area contributed by atoms with Crippen molar-refractivity contribution in [1.29, 1.82) is 0 Å². The molecule has 3 rings (SSSR count). The summed E-state index contributed by atoms with van der Waals surface area (Å²) in [6.45, 7) is 0. The number of rotatable bonds is 2. The van der Waals surface area contributed by atoms with E-state index in [-0.39, 0.29) is 0 Å². The highest BCUT2D eigenvalue weighted by molar-refractivity contribution is 6.33. The van der Waals surface area contributed by atoms with E-state index in [0.717, 1.165) is 11.1 Å². The van der Waals surface area contributed by atoms with Gasteiger partial charge in [0, 0.05) is 29.6 Å². The number of hydrogen-bond acceptors (Lipinski definition) is 4. The minimum atomic E-state index is 0.315. The lowest BCUT2D eigenvalue weighted by Gasteiger charge is -2.03. The molecule has 0 saturated carbocycles. The van der Waals surface area contributed by atoms with Crippen LogP contribution in [0.1, 0.15) is 0 Å². The van der Waals surface area contributed by atoms with Crippen molar-refractivity contribution in [2.24, 2.45) is 0 Å². The Kier molecular flexibility index (Phi) is 3.58. The highest BCUT2D eigenvalue weighted by Crippen LogP contribution is 2.23. The number of benzene rings is 1. The summed E-state index contributed by atoms with van der Waals surface area (Å²) in [5, 5.41) is 0.630. The third kappa shape index (κ3) is 2.76. The summed E-state index contributed by atoms with van der Waals surface area (Å²) in [6, 6.07) is 10.9. The predicted octanol–water partition coefficient (Wildman–Crippen LogP) is 3.91. The standard InChI is InChI=1S/C14H8Cl2N4/c15-11-8-12(16)20-14(19-11)10-4-2-9(3-5-10)13-17-6-1-7-18-13/h1-8H. The molecule has 0 aliphatic rings. The van der Waals surface area contributed by atoms with Gasteiger partial charge in [0.05, 0.1) is 0 Å². The van der Waals surface area contributed by atoms with E-state index in [4.69, 9.17) is 23.2 Å². The first-order valence-corrected chi connectivity index (χ1v) is 6.56. The highest BCUT2D eigenvalue weighted by Gasteiger charge is 2.06. The molecule has 0 unspecified atom stereocenters. The zero-order chi connectivity index (χ0) is 13.9. The van der Waals surface area contributed by atoms with Crippen LogP contribution in [0.4, 0.5) is 0 Å². The molecule has 0 amide bonds. The van der Waals surface area contributed by atoms with Crippen molar-refractivity contribution in [3.05, 3.63) is 59.1 Å². The second-order valence-electron chi connectivity index (χ2n) is 3.99. The number of halogens is 2. The van der Waals surface area contributed by atoms with Gasteiger partial charge in [0.1, 0.15) is 10.3 Å². The van der Waals surface area contributed by atoms with E-state index in [1.807, 2.05) is 24.3 Å². The van der Waals surface area contributed by atoms with Crippen LogP contribution in [0.2, 0.25) is 10.3 Å². The third-order valence-electron chi connectivity index (χ3n) is 2.63. The van der Waals surface area contributed by atoms with Gasteiger partial charge in [-0.1, -0.05) is 47.5 Å². The zero-order valence-electron chi connectivity index (χ0n) is 10.2. The summed E-state index contributed by atoms with van der Waals surface area (Å²) in [7, 11) is 0. The summed E-state index contributed by atoms with van der Waals surface area (Å²) in [4.78, 5) is 16.7. The molecule has 0 radical (unpaired) electrons. The van der Waals surface area contributed by atoms with Crippen LogP contribution in [-0.2, 0) is 0 Å². The largest absolute Gasteiger partial charge is 0.237 e. The average molecular weight is 303 g/mol. The Balaban J connectivity index is 1.97. The van der Waals surface area contributed by atoms with Crippen molar-refractivity contribution in [2.75, 3.05) is 0 Å². The van der Waals surface area contributed by atoms with E-state index in [2.05, 4.69) is 19.9 Å². The Morgan fingerprint density at radius 3 is 1.75 bits per heavy atom. The Labute approximate surface area is 125 Å². The summed E-state index contributed by atoms with van der Waals surface area (Å²) in [5.74, 6) is 1.16. The van der Waals surface area contributed by atoms with Gasteiger partial charge in [-0.3, -0.25) is 0 Å². The van der Waals surface area contributed by atoms with Gasteiger partial charge in [-0.05, 0) is 6.07 Å². The van der Waals surface area contributed by atoms with Crippen LogP contribution in [-0.4, -0.2) is 19.9 Å². The van der Waals surface area contributed by atoms with E-state index in [1.165, 1.54) is 6.07 Å². The van der Waals surface area contributed by atoms with Crippen molar-refractivity contribution >= 4 is 23.2 Å². The van der Waals surface area contributed by atoms with Crippen LogP contribution in [0, 0.1) is 0 Å². The van der Waals surface area contributed by atoms with Gasteiger partial charge in [0.2, 0.25) is 0 Å². The highest BCUT2D eigenvalue weighted by atomic mass is 35.5. The lowest BCUT2D eigenvalue weighted by molar-refractivity contribution is 1.17. The fourth-order valence-electron chi connectivity index (χ4n) is 1.74. The first-order valence-electron chi connectivity index (χ1n) is 5.80. The molecular weight excluding hydrogens is 295 g/mol. The monoisotopic (exact) mass is 302 g/mol. The molecule has 0 bridgehead atoms. The molecule has 2 heterocycles. The maximum atomic E-state index is 5.87. The number of nitrogens with zero attached hydrogens (tertiary/aromatic N) is 4. The van der Waals surface area contributed by atoms with Gasteiger partial charge >= 0.3 is 0 Å². The van der Waals surface area contributed by atoms with Crippen LogP contribution in [0.5, 0.6) is 0 Å². The predicted molar refractivity (Wildman–Crippen MR) is 78.5 cm³/mol. The van der Waals surface area contributed by atoms with Crippen LogP contribution in [0.3, 0.4) is 0 Å². The smallest absolute Gasteiger partial charge is 0.162 e. The molecule has 0 aliphatic heterocycles. The minimum absolute atomic E-state index is 0.315. The molecule has 0 saturated heterocycles. The van der Waals surface area contributed by atoms with Gasteiger partial charge in [0.15, 0.2) is 11.6 Å². The zero-order valence-corrected chi connectivity index (χ0v) is 11.7. The van der Waals surface area contributed by atoms with Gasteiger partial charge in [-0.25, -0.2) is 19.9 Å². The lowest BCUT2D eigenvalue weighted by atomic mass is 10.1. The molecule has 1 aromatic carbocycles. The summed E-state index contributed by atoms with van der Waals surface area (Å²) in [6.07, 6.45) is 3.41. The summed E-state index contributed by atoms with van der Waals surface area (Å²) < 4.78 is 0. The van der Waals surface area contributed by atoms with E-state index in [1.54, 1.807) is 18.5 Å². The van der Waals surface area contributed by atoms with E-state index in [0.29, 0.717) is 22.0 Å². The Morgan fingerprint density at radius 2 is 1.20 bits per heavy atom. The molecule has 2 aromatic heterocycles. The minimum Gasteiger partial charge on any atom is -0.237 e. The third-order valence-corrected chi connectivity index (χ3v) is 3.02. The van der Waals surface area contributed by atoms with Gasteiger partial charge in [-0.2, -0.15) is 0 Å². The Morgan fingerprint density at radius 1 is 0.700 bits per heavy atom. The molecule has 0 atom stereocenters. The second kappa shape index (κ2) is 5.53. The van der Waals surface area contributed by atoms with Crippen LogP contribution in [0.15, 0.2) is 48.8 Å². The average Bonchev–Trinajstić information content (AvgIpc) is 2.47. The second-order valence-corrected chi connectivity index (χ2v) is 4.76. The fraction of sp³-hybridized carbons (Fsp3) is 0.